The number of aromatic nitrogens is 1. The van der Waals surface area contributed by atoms with Gasteiger partial charge >= 0.3 is 0 Å². The van der Waals surface area contributed by atoms with Gasteiger partial charge in [0.2, 0.25) is 5.91 Å². The molecule has 2 saturated heterocycles. The van der Waals surface area contributed by atoms with Gasteiger partial charge in [0, 0.05) is 56.6 Å². The van der Waals surface area contributed by atoms with Crippen molar-refractivity contribution in [2.75, 3.05) is 45.2 Å². The molecule has 3 atom stereocenters. The zero-order chi connectivity index (χ0) is 24.4. The molecule has 0 spiro atoms. The number of benzene rings is 1. The first-order valence-electron chi connectivity index (χ1n) is 12.3. The minimum absolute atomic E-state index is 0.0163. The minimum atomic E-state index is -0.0163. The van der Waals surface area contributed by atoms with Gasteiger partial charge in [-0.1, -0.05) is 18.2 Å². The van der Waals surface area contributed by atoms with E-state index in [0.717, 1.165) is 67.5 Å². The molecule has 2 amide bonds. The Morgan fingerprint density at radius 1 is 1.11 bits per heavy atom. The zero-order valence-corrected chi connectivity index (χ0v) is 21.1. The Balaban J connectivity index is 1.21. The third kappa shape index (κ3) is 5.03. The Kier molecular flexibility index (Phi) is 7.00. The zero-order valence-electron chi connectivity index (χ0n) is 20.3. The Morgan fingerprint density at radius 3 is 2.69 bits per heavy atom. The summed E-state index contributed by atoms with van der Waals surface area (Å²) < 4.78 is 5.32. The number of ether oxygens (including phenoxy) is 1. The molecule has 35 heavy (non-hydrogen) atoms. The normalized spacial score (nSPS) is 26.0. The summed E-state index contributed by atoms with van der Waals surface area (Å²) in [5.74, 6) is 2.01. The molecule has 2 aliphatic heterocycles. The van der Waals surface area contributed by atoms with Crippen molar-refractivity contribution in [3.63, 3.8) is 0 Å². The van der Waals surface area contributed by atoms with Crippen LogP contribution in [0, 0.1) is 5.92 Å². The Morgan fingerprint density at radius 2 is 1.94 bits per heavy atom. The highest BCUT2D eigenvalue weighted by Gasteiger charge is 2.43. The number of anilines is 1. The molecule has 1 aromatic carbocycles. The van der Waals surface area contributed by atoms with Gasteiger partial charge in [0.05, 0.1) is 12.0 Å². The SMILES string of the molecule is COc1cccc(/C=C2\SC3CCC(C(=O)N4CCN(c5ccccn5)CC4)CC3N(C)C2=O)c1. The van der Waals surface area contributed by atoms with E-state index in [4.69, 9.17) is 4.74 Å². The Labute approximate surface area is 211 Å². The van der Waals surface area contributed by atoms with E-state index < -0.39 is 0 Å². The number of methoxy groups -OCH3 is 1. The molecule has 0 bridgehead atoms. The fourth-order valence-corrected chi connectivity index (χ4v) is 6.84. The number of likely N-dealkylation sites (N-methyl/N-ethyl adjacent to an activating group) is 1. The van der Waals surface area contributed by atoms with Crippen LogP contribution in [0.5, 0.6) is 5.75 Å². The molecular weight excluding hydrogens is 460 g/mol. The molecule has 7 nitrogen and oxygen atoms in total. The Hall–Kier alpha value is -3.00. The van der Waals surface area contributed by atoms with E-state index in [1.165, 1.54) is 0 Å². The lowest BCUT2D eigenvalue weighted by Gasteiger charge is -2.45. The third-order valence-corrected chi connectivity index (χ3v) is 8.77. The number of amides is 2. The van der Waals surface area contributed by atoms with Crippen molar-refractivity contribution >= 4 is 35.5 Å². The number of pyridine rings is 1. The molecule has 3 aliphatic rings. The second-order valence-corrected chi connectivity index (χ2v) is 10.7. The van der Waals surface area contributed by atoms with Crippen LogP contribution >= 0.6 is 11.8 Å². The minimum Gasteiger partial charge on any atom is -0.497 e. The van der Waals surface area contributed by atoms with Crippen LogP contribution in [0.15, 0.2) is 53.6 Å². The van der Waals surface area contributed by atoms with E-state index in [0.29, 0.717) is 5.25 Å². The first-order chi connectivity index (χ1) is 17.0. The van der Waals surface area contributed by atoms with Gasteiger partial charge in [0.25, 0.3) is 5.91 Å². The summed E-state index contributed by atoms with van der Waals surface area (Å²) in [5.41, 5.74) is 0.959. The summed E-state index contributed by atoms with van der Waals surface area (Å²) in [5, 5.41) is 0.319. The number of carbonyl (C=O) groups excluding carboxylic acids is 2. The Bertz CT molecular complexity index is 1100. The molecule has 3 heterocycles. The summed E-state index contributed by atoms with van der Waals surface area (Å²) in [6, 6.07) is 13.8. The van der Waals surface area contributed by atoms with Gasteiger partial charge in [0.1, 0.15) is 11.6 Å². The summed E-state index contributed by atoms with van der Waals surface area (Å²) >= 11 is 1.67. The fourth-order valence-electron chi connectivity index (χ4n) is 5.36. The second-order valence-electron chi connectivity index (χ2n) is 9.44. The number of hydrogen-bond acceptors (Lipinski definition) is 6. The highest BCUT2D eigenvalue weighted by molar-refractivity contribution is 8.04. The van der Waals surface area contributed by atoms with Crippen molar-refractivity contribution in [1.82, 2.24) is 14.8 Å². The average molecular weight is 493 g/mol. The number of fused-ring (bicyclic) bond motifs is 1. The van der Waals surface area contributed by atoms with Crippen LogP contribution in [0.4, 0.5) is 5.82 Å². The number of carbonyl (C=O) groups is 2. The molecule has 0 radical (unpaired) electrons. The summed E-state index contributed by atoms with van der Waals surface area (Å²) in [7, 11) is 3.53. The van der Waals surface area contributed by atoms with E-state index in [9.17, 15) is 9.59 Å². The standard InChI is InChI=1S/C27H32N4O3S/c1-29-22-18-20(26(32)31-14-12-30(13-15-31)25-8-3-4-11-28-25)9-10-23(22)35-24(27(29)33)17-19-6-5-7-21(16-19)34-2/h3-8,11,16-17,20,22-23H,9-10,12-15,18H2,1-2H3/b24-17-. The molecule has 8 heteroatoms. The maximum atomic E-state index is 13.4. The summed E-state index contributed by atoms with van der Waals surface area (Å²) in [6.07, 6.45) is 6.32. The molecule has 1 aliphatic carbocycles. The number of rotatable bonds is 4. The predicted octanol–water partition coefficient (Wildman–Crippen LogP) is 3.52. The van der Waals surface area contributed by atoms with Crippen LogP contribution in [-0.2, 0) is 9.59 Å². The number of piperazine rings is 1. The highest BCUT2D eigenvalue weighted by atomic mass is 32.2. The number of nitrogens with zero attached hydrogens (tertiary/aromatic N) is 4. The van der Waals surface area contributed by atoms with Crippen LogP contribution in [0.25, 0.3) is 6.08 Å². The average Bonchev–Trinajstić information content (AvgIpc) is 2.92. The molecule has 0 N–H and O–H groups in total. The molecule has 3 fully saturated rings. The lowest BCUT2D eigenvalue weighted by molar-refractivity contribution is -0.139. The number of hydrogen-bond donors (Lipinski definition) is 0. The van der Waals surface area contributed by atoms with Gasteiger partial charge in [-0.25, -0.2) is 4.98 Å². The van der Waals surface area contributed by atoms with Crippen molar-refractivity contribution in [3.05, 3.63) is 59.1 Å². The predicted molar refractivity (Wildman–Crippen MR) is 139 cm³/mol. The van der Waals surface area contributed by atoms with Crippen LogP contribution in [0.2, 0.25) is 0 Å². The fraction of sp³-hybridized carbons (Fsp3) is 0.444. The monoisotopic (exact) mass is 492 g/mol. The van der Waals surface area contributed by atoms with Crippen molar-refractivity contribution in [2.24, 2.45) is 5.92 Å². The summed E-state index contributed by atoms with van der Waals surface area (Å²) in [6.45, 7) is 3.04. The van der Waals surface area contributed by atoms with Crippen LogP contribution in [0.1, 0.15) is 24.8 Å². The van der Waals surface area contributed by atoms with Gasteiger partial charge in [-0.05, 0) is 55.2 Å². The maximum Gasteiger partial charge on any atom is 0.260 e. The van der Waals surface area contributed by atoms with Crippen molar-refractivity contribution in [3.8, 4) is 5.75 Å². The van der Waals surface area contributed by atoms with Gasteiger partial charge < -0.3 is 19.4 Å². The highest BCUT2D eigenvalue weighted by Crippen LogP contribution is 2.43. The topological polar surface area (TPSA) is 66.0 Å². The lowest BCUT2D eigenvalue weighted by Crippen LogP contribution is -2.55. The van der Waals surface area contributed by atoms with Crippen LogP contribution < -0.4 is 9.64 Å². The first-order valence-corrected chi connectivity index (χ1v) is 13.2. The third-order valence-electron chi connectivity index (χ3n) is 7.37. The van der Waals surface area contributed by atoms with E-state index in [2.05, 4.69) is 9.88 Å². The largest absolute Gasteiger partial charge is 0.497 e. The quantitative estimate of drug-likeness (QED) is 0.609. The molecule has 184 valence electrons. The molecule has 1 aromatic heterocycles. The van der Waals surface area contributed by atoms with Crippen LogP contribution in [0.3, 0.4) is 0 Å². The van der Waals surface area contributed by atoms with Gasteiger partial charge in [-0.15, -0.1) is 11.8 Å². The second kappa shape index (κ2) is 10.3. The van der Waals surface area contributed by atoms with Crippen molar-refractivity contribution < 1.29 is 14.3 Å². The molecule has 5 rings (SSSR count). The van der Waals surface area contributed by atoms with E-state index >= 15 is 0 Å². The van der Waals surface area contributed by atoms with Crippen molar-refractivity contribution in [1.29, 1.82) is 0 Å². The van der Waals surface area contributed by atoms with Gasteiger partial charge in [-0.2, -0.15) is 0 Å². The lowest BCUT2D eigenvalue weighted by atomic mass is 9.83. The van der Waals surface area contributed by atoms with E-state index in [1.54, 1.807) is 18.9 Å². The molecule has 3 unspecified atom stereocenters. The number of thioether (sulfide) groups is 1. The van der Waals surface area contributed by atoms with Gasteiger partial charge in [-0.3, -0.25) is 9.59 Å². The van der Waals surface area contributed by atoms with Crippen molar-refractivity contribution in [2.45, 2.75) is 30.6 Å². The maximum absolute atomic E-state index is 13.4. The molecular formula is C27H32N4O3S. The first kappa shape index (κ1) is 23.7. The molecule has 1 saturated carbocycles. The smallest absolute Gasteiger partial charge is 0.260 e. The summed E-state index contributed by atoms with van der Waals surface area (Å²) in [4.78, 5) is 37.9. The molecule has 2 aromatic rings. The van der Waals surface area contributed by atoms with E-state index in [-0.39, 0.29) is 23.8 Å². The van der Waals surface area contributed by atoms with E-state index in [1.807, 2.05) is 71.6 Å². The van der Waals surface area contributed by atoms with Gasteiger partial charge in [0.15, 0.2) is 0 Å². The van der Waals surface area contributed by atoms with Crippen LogP contribution in [-0.4, -0.2) is 78.2 Å².